The molecule has 0 aromatic heterocycles. The van der Waals surface area contributed by atoms with Gasteiger partial charge in [-0.1, -0.05) is 23.7 Å². The Bertz CT molecular complexity index is 1210. The first-order chi connectivity index (χ1) is 15.7. The number of likely N-dealkylation sites (tertiary alicyclic amines) is 1. The normalized spacial score (nSPS) is 22.0. The fourth-order valence-electron chi connectivity index (χ4n) is 4.08. The number of amides is 1. The van der Waals surface area contributed by atoms with Crippen LogP contribution in [0.4, 0.5) is 0 Å². The van der Waals surface area contributed by atoms with Gasteiger partial charge in [0.1, 0.15) is 18.1 Å². The molecule has 2 aliphatic rings. The predicted molar refractivity (Wildman–Crippen MR) is 121 cm³/mol. The van der Waals surface area contributed by atoms with Crippen LogP contribution in [0.3, 0.4) is 0 Å². The molecule has 0 aliphatic carbocycles. The Balaban J connectivity index is 1.41. The topological polar surface area (TPSA) is 122 Å². The van der Waals surface area contributed by atoms with E-state index in [9.17, 15) is 22.8 Å². The van der Waals surface area contributed by atoms with Gasteiger partial charge in [-0.25, -0.2) is 18.0 Å². The fraction of sp³-hybridized carbons (Fsp3) is 0.409. The number of fused-ring (bicyclic) bond motifs is 1. The Labute approximate surface area is 196 Å². The highest BCUT2D eigenvalue weighted by molar-refractivity contribution is 7.89. The Kier molecular flexibility index (Phi) is 6.71. The average molecular weight is 494 g/mol. The van der Waals surface area contributed by atoms with E-state index in [4.69, 9.17) is 16.3 Å². The Hall–Kier alpha value is -2.53. The van der Waals surface area contributed by atoms with Crippen molar-refractivity contribution in [3.63, 3.8) is 0 Å². The molecule has 2 fully saturated rings. The number of esters is 2. The first-order valence-corrected chi connectivity index (χ1v) is 12.5. The molecular weight excluding hydrogens is 470 g/mol. The highest BCUT2D eigenvalue weighted by Crippen LogP contribution is 2.24. The summed E-state index contributed by atoms with van der Waals surface area (Å²) in [5.74, 6) is -2.04. The van der Waals surface area contributed by atoms with E-state index < -0.39 is 46.0 Å². The second kappa shape index (κ2) is 9.38. The molecule has 2 N–H and O–H groups in total. The number of nitrogens with one attached hydrogen (secondary N) is 2. The molecule has 2 aromatic rings. The van der Waals surface area contributed by atoms with Crippen LogP contribution >= 0.6 is 11.6 Å². The van der Waals surface area contributed by atoms with Crippen LogP contribution in [0.15, 0.2) is 41.3 Å². The van der Waals surface area contributed by atoms with Crippen LogP contribution in [0.5, 0.6) is 0 Å². The molecule has 0 bridgehead atoms. The van der Waals surface area contributed by atoms with Crippen molar-refractivity contribution in [1.82, 2.24) is 14.9 Å². The van der Waals surface area contributed by atoms with Crippen LogP contribution in [0, 0.1) is 0 Å². The number of benzene rings is 2. The summed E-state index contributed by atoms with van der Waals surface area (Å²) >= 11 is 5.97. The minimum Gasteiger partial charge on any atom is -0.390 e. The summed E-state index contributed by atoms with van der Waals surface area (Å²) < 4.78 is 33.2. The third-order valence-electron chi connectivity index (χ3n) is 5.98. The maximum Gasteiger partial charge on any atom is 0.336 e. The van der Waals surface area contributed by atoms with Gasteiger partial charge in [0.2, 0.25) is 15.9 Å². The molecular formula is C22H24ClN3O6S. The second-order valence-corrected chi connectivity index (χ2v) is 10.4. The molecule has 9 nitrogen and oxygen atoms in total. The molecule has 2 saturated heterocycles. The molecule has 0 spiro atoms. The minimum atomic E-state index is -3.99. The summed E-state index contributed by atoms with van der Waals surface area (Å²) in [5, 5.41) is 4.98. The van der Waals surface area contributed by atoms with Crippen molar-refractivity contribution >= 4 is 50.2 Å². The lowest BCUT2D eigenvalue weighted by Crippen LogP contribution is -2.47. The predicted octanol–water partition coefficient (Wildman–Crippen LogP) is 1.58. The number of sulfonamides is 1. The van der Waals surface area contributed by atoms with Gasteiger partial charge in [-0.05, 0) is 67.8 Å². The van der Waals surface area contributed by atoms with Crippen LogP contribution in [-0.2, 0) is 29.1 Å². The van der Waals surface area contributed by atoms with Crippen molar-refractivity contribution in [2.24, 2.45) is 0 Å². The second-order valence-electron chi connectivity index (χ2n) is 8.21. The van der Waals surface area contributed by atoms with Crippen LogP contribution < -0.4 is 10.0 Å². The highest BCUT2D eigenvalue weighted by atomic mass is 35.5. The van der Waals surface area contributed by atoms with Gasteiger partial charge in [0.25, 0.3) is 0 Å². The van der Waals surface area contributed by atoms with E-state index in [-0.39, 0.29) is 17.9 Å². The number of halogens is 1. The van der Waals surface area contributed by atoms with Crippen molar-refractivity contribution in [3.05, 3.63) is 41.4 Å². The van der Waals surface area contributed by atoms with Crippen LogP contribution in [0.2, 0.25) is 5.02 Å². The largest absolute Gasteiger partial charge is 0.390 e. The molecule has 1 amide bonds. The zero-order valence-electron chi connectivity index (χ0n) is 17.9. The summed E-state index contributed by atoms with van der Waals surface area (Å²) in [6.45, 7) is 2.30. The molecule has 0 saturated carbocycles. The van der Waals surface area contributed by atoms with E-state index in [0.29, 0.717) is 23.4 Å². The zero-order valence-corrected chi connectivity index (χ0v) is 19.5. The molecule has 4 rings (SSSR count). The van der Waals surface area contributed by atoms with Gasteiger partial charge in [0, 0.05) is 11.6 Å². The minimum absolute atomic E-state index is 0.0192. The number of rotatable bonds is 6. The number of nitrogens with zero attached hydrogens (tertiary/aromatic N) is 1. The van der Waals surface area contributed by atoms with Gasteiger partial charge < -0.3 is 15.0 Å². The highest BCUT2D eigenvalue weighted by Gasteiger charge is 2.40. The summed E-state index contributed by atoms with van der Waals surface area (Å²) in [6, 6.07) is 7.16. The quantitative estimate of drug-likeness (QED) is 0.462. The standard InChI is InChI=1S/C22H24ClN3O6S/c1-13(21(28)32-22(29)19-3-2-9-24-19)26-10-8-18(20(26)27)25-33(30,31)17-7-5-14-11-16(23)6-4-15(14)12-17/h4-7,11-13,18-19,24-25H,2-3,8-10H2,1H3/t13-,18-,19-/m0/s1. The van der Waals surface area contributed by atoms with Crippen molar-refractivity contribution in [2.75, 3.05) is 13.1 Å². The monoisotopic (exact) mass is 493 g/mol. The lowest BCUT2D eigenvalue weighted by Gasteiger charge is -2.23. The van der Waals surface area contributed by atoms with Crippen molar-refractivity contribution in [1.29, 1.82) is 0 Å². The van der Waals surface area contributed by atoms with Gasteiger partial charge in [0.05, 0.1) is 4.90 Å². The van der Waals surface area contributed by atoms with E-state index in [1.807, 2.05) is 0 Å². The molecule has 176 valence electrons. The lowest BCUT2D eigenvalue weighted by molar-refractivity contribution is -0.165. The molecule has 2 heterocycles. The maximum absolute atomic E-state index is 12.9. The van der Waals surface area contributed by atoms with Crippen molar-refractivity contribution in [3.8, 4) is 0 Å². The summed E-state index contributed by atoms with van der Waals surface area (Å²) in [7, 11) is -3.99. The van der Waals surface area contributed by atoms with Gasteiger partial charge in [-0.3, -0.25) is 4.79 Å². The third-order valence-corrected chi connectivity index (χ3v) is 7.68. The van der Waals surface area contributed by atoms with Crippen molar-refractivity contribution in [2.45, 2.75) is 49.2 Å². The van der Waals surface area contributed by atoms with E-state index >= 15 is 0 Å². The molecule has 0 radical (unpaired) electrons. The smallest absolute Gasteiger partial charge is 0.336 e. The SMILES string of the molecule is C[C@@H](C(=O)OC(=O)[C@@H]1CCCN1)N1CC[C@H](NS(=O)(=O)c2ccc3cc(Cl)ccc3c2)C1=O. The van der Waals surface area contributed by atoms with Crippen LogP contribution in [0.1, 0.15) is 26.2 Å². The summed E-state index contributed by atoms with van der Waals surface area (Å²) in [5.41, 5.74) is 0. The van der Waals surface area contributed by atoms with Crippen LogP contribution in [-0.4, -0.2) is 62.4 Å². The van der Waals surface area contributed by atoms with E-state index in [0.717, 1.165) is 11.8 Å². The Morgan fingerprint density at radius 1 is 1.18 bits per heavy atom. The van der Waals surface area contributed by atoms with E-state index in [1.54, 1.807) is 24.3 Å². The number of hydrogen-bond acceptors (Lipinski definition) is 7. The molecule has 11 heteroatoms. The Morgan fingerprint density at radius 3 is 2.64 bits per heavy atom. The molecule has 3 atom stereocenters. The fourth-order valence-corrected chi connectivity index (χ4v) is 5.52. The molecule has 2 aliphatic heterocycles. The summed E-state index contributed by atoms with van der Waals surface area (Å²) in [4.78, 5) is 38.5. The molecule has 0 unspecified atom stereocenters. The average Bonchev–Trinajstić information content (AvgIpc) is 3.43. The van der Waals surface area contributed by atoms with Gasteiger partial charge >= 0.3 is 11.9 Å². The molecule has 2 aromatic carbocycles. The summed E-state index contributed by atoms with van der Waals surface area (Å²) in [6.07, 6.45) is 1.60. The van der Waals surface area contributed by atoms with Crippen molar-refractivity contribution < 1.29 is 27.5 Å². The zero-order chi connectivity index (χ0) is 23.8. The number of carbonyl (C=O) groups is 3. The van der Waals surface area contributed by atoms with E-state index in [1.165, 1.54) is 24.0 Å². The van der Waals surface area contributed by atoms with Crippen LogP contribution in [0.25, 0.3) is 10.8 Å². The molecule has 33 heavy (non-hydrogen) atoms. The maximum atomic E-state index is 12.9. The van der Waals surface area contributed by atoms with Gasteiger partial charge in [0.15, 0.2) is 0 Å². The first-order valence-electron chi connectivity index (χ1n) is 10.7. The number of ether oxygens (including phenoxy) is 1. The number of hydrogen-bond donors (Lipinski definition) is 2. The third kappa shape index (κ3) is 5.03. The number of carbonyl (C=O) groups excluding carboxylic acids is 3. The van der Waals surface area contributed by atoms with E-state index in [2.05, 4.69) is 10.0 Å². The van der Waals surface area contributed by atoms with Gasteiger partial charge in [-0.15, -0.1) is 0 Å². The Morgan fingerprint density at radius 2 is 1.91 bits per heavy atom. The lowest BCUT2D eigenvalue weighted by atomic mass is 10.1. The first kappa shape index (κ1) is 23.6. The van der Waals surface area contributed by atoms with Gasteiger partial charge in [-0.2, -0.15) is 4.72 Å².